The Morgan fingerprint density at radius 1 is 1.25 bits per heavy atom. The first-order valence-electron chi connectivity index (χ1n) is 9.98. The van der Waals surface area contributed by atoms with Crippen LogP contribution in [0, 0.1) is 5.92 Å². The van der Waals surface area contributed by atoms with Gasteiger partial charge in [-0.15, -0.1) is 0 Å². The number of benzene rings is 1. The summed E-state index contributed by atoms with van der Waals surface area (Å²) in [7, 11) is 0. The number of rotatable bonds is 12. The Labute approximate surface area is 166 Å². The largest absolute Gasteiger partial charge is 0.492 e. The average molecular weight is 389 g/mol. The third kappa shape index (κ3) is 5.83. The van der Waals surface area contributed by atoms with E-state index in [0.29, 0.717) is 12.1 Å². The first-order valence-corrected chi connectivity index (χ1v) is 9.98. The monoisotopic (exact) mass is 388 g/mol. The van der Waals surface area contributed by atoms with Crippen molar-refractivity contribution < 1.29 is 19.4 Å². The molecule has 0 bridgehead atoms. The van der Waals surface area contributed by atoms with Crippen LogP contribution < -0.4 is 4.74 Å². The van der Waals surface area contributed by atoms with E-state index < -0.39 is 11.9 Å². The third-order valence-electron chi connectivity index (χ3n) is 5.09. The molecule has 0 aliphatic rings. The SMILES string of the molecule is CC(C)N(CCc1c[nH]c2cccc(OCC(C=O)CCC(=O)O)c12)C(C)C. The van der Waals surface area contributed by atoms with E-state index >= 15 is 0 Å². The van der Waals surface area contributed by atoms with Gasteiger partial charge in [0, 0.05) is 48.1 Å². The van der Waals surface area contributed by atoms with Crippen LogP contribution >= 0.6 is 0 Å². The number of H-pyrrole nitrogens is 1. The molecule has 0 fully saturated rings. The molecule has 1 aromatic heterocycles. The topological polar surface area (TPSA) is 82.6 Å². The zero-order chi connectivity index (χ0) is 20.7. The summed E-state index contributed by atoms with van der Waals surface area (Å²) in [6.45, 7) is 9.97. The van der Waals surface area contributed by atoms with Crippen molar-refractivity contribution in [2.24, 2.45) is 5.92 Å². The van der Waals surface area contributed by atoms with Crippen molar-refractivity contribution in [3.8, 4) is 5.75 Å². The van der Waals surface area contributed by atoms with Gasteiger partial charge in [-0.05, 0) is 58.2 Å². The standard InChI is InChI=1S/C22H32N2O4/c1-15(2)24(16(3)4)11-10-18-12-23-19-6-5-7-20(22(18)19)28-14-17(13-25)8-9-21(26)27/h5-7,12-13,15-17,23H,8-11,14H2,1-4H3,(H,26,27). The van der Waals surface area contributed by atoms with E-state index in [9.17, 15) is 9.59 Å². The molecule has 154 valence electrons. The molecule has 2 N–H and O–H groups in total. The van der Waals surface area contributed by atoms with Gasteiger partial charge in [0.05, 0.1) is 6.61 Å². The van der Waals surface area contributed by atoms with Crippen LogP contribution in [-0.4, -0.2) is 52.5 Å². The van der Waals surface area contributed by atoms with E-state index in [1.54, 1.807) is 0 Å². The van der Waals surface area contributed by atoms with Gasteiger partial charge in [-0.1, -0.05) is 6.07 Å². The van der Waals surface area contributed by atoms with E-state index in [0.717, 1.165) is 35.9 Å². The van der Waals surface area contributed by atoms with E-state index in [-0.39, 0.29) is 19.4 Å². The summed E-state index contributed by atoms with van der Waals surface area (Å²) in [5.41, 5.74) is 2.19. The number of hydrogen-bond donors (Lipinski definition) is 2. The molecule has 1 unspecified atom stereocenters. The summed E-state index contributed by atoms with van der Waals surface area (Å²) in [5.74, 6) is -0.593. The zero-order valence-corrected chi connectivity index (χ0v) is 17.3. The van der Waals surface area contributed by atoms with Crippen molar-refractivity contribution in [3.63, 3.8) is 0 Å². The van der Waals surface area contributed by atoms with E-state index in [2.05, 4.69) is 37.6 Å². The molecule has 6 heteroatoms. The average Bonchev–Trinajstić information content (AvgIpc) is 3.05. The minimum Gasteiger partial charge on any atom is -0.492 e. The fourth-order valence-corrected chi connectivity index (χ4v) is 3.60. The minimum absolute atomic E-state index is 0.0351. The predicted octanol–water partition coefficient (Wildman–Crippen LogP) is 3.89. The molecule has 0 aliphatic carbocycles. The van der Waals surface area contributed by atoms with Gasteiger partial charge < -0.3 is 19.6 Å². The second-order valence-corrected chi connectivity index (χ2v) is 7.81. The molecule has 1 atom stereocenters. The molecule has 2 aromatic rings. The predicted molar refractivity (Wildman–Crippen MR) is 111 cm³/mol. The van der Waals surface area contributed by atoms with Crippen molar-refractivity contribution in [2.75, 3.05) is 13.2 Å². The number of nitrogens with one attached hydrogen (secondary N) is 1. The van der Waals surface area contributed by atoms with Crippen molar-refractivity contribution in [2.45, 2.75) is 59.0 Å². The third-order valence-corrected chi connectivity index (χ3v) is 5.09. The number of carboxylic acids is 1. The van der Waals surface area contributed by atoms with Crippen LogP contribution in [0.3, 0.4) is 0 Å². The molecule has 0 radical (unpaired) electrons. The van der Waals surface area contributed by atoms with Crippen molar-refractivity contribution in [1.29, 1.82) is 0 Å². The van der Waals surface area contributed by atoms with E-state index in [1.165, 1.54) is 5.56 Å². The fourth-order valence-electron chi connectivity index (χ4n) is 3.60. The minimum atomic E-state index is -0.901. The lowest BCUT2D eigenvalue weighted by atomic mass is 10.1. The molecule has 0 aliphatic heterocycles. The molecule has 28 heavy (non-hydrogen) atoms. The van der Waals surface area contributed by atoms with Gasteiger partial charge in [-0.25, -0.2) is 0 Å². The van der Waals surface area contributed by atoms with Crippen LogP contribution in [-0.2, 0) is 16.0 Å². The highest BCUT2D eigenvalue weighted by Gasteiger charge is 2.17. The summed E-state index contributed by atoms with van der Waals surface area (Å²) < 4.78 is 5.95. The lowest BCUT2D eigenvalue weighted by Gasteiger charge is -2.30. The van der Waals surface area contributed by atoms with Crippen LogP contribution in [0.25, 0.3) is 10.9 Å². The van der Waals surface area contributed by atoms with Gasteiger partial charge in [0.15, 0.2) is 0 Å². The highest BCUT2D eigenvalue weighted by Crippen LogP contribution is 2.30. The molecular weight excluding hydrogens is 356 g/mol. The highest BCUT2D eigenvalue weighted by molar-refractivity contribution is 5.89. The smallest absolute Gasteiger partial charge is 0.303 e. The summed E-state index contributed by atoms with van der Waals surface area (Å²) in [5, 5.41) is 9.85. The maximum atomic E-state index is 11.2. The van der Waals surface area contributed by atoms with Crippen molar-refractivity contribution >= 4 is 23.2 Å². The Morgan fingerprint density at radius 2 is 1.96 bits per heavy atom. The van der Waals surface area contributed by atoms with Gasteiger partial charge in [0.2, 0.25) is 0 Å². The molecule has 6 nitrogen and oxygen atoms in total. The first kappa shape index (κ1) is 22.0. The molecule has 0 amide bonds. The fraction of sp³-hybridized carbons (Fsp3) is 0.545. The summed E-state index contributed by atoms with van der Waals surface area (Å²) in [6.07, 6.45) is 3.95. The van der Waals surface area contributed by atoms with Gasteiger partial charge in [-0.3, -0.25) is 9.69 Å². The summed E-state index contributed by atoms with van der Waals surface area (Å²) >= 11 is 0. The van der Waals surface area contributed by atoms with E-state index in [1.807, 2.05) is 24.4 Å². The molecule has 1 aromatic carbocycles. The van der Waals surface area contributed by atoms with Crippen LogP contribution in [0.1, 0.15) is 46.1 Å². The number of carbonyl (C=O) groups excluding carboxylic acids is 1. The second-order valence-electron chi connectivity index (χ2n) is 7.81. The number of aliphatic carboxylic acids is 1. The van der Waals surface area contributed by atoms with E-state index in [4.69, 9.17) is 9.84 Å². The molecule has 0 spiro atoms. The Kier molecular flexibility index (Phi) is 8.05. The van der Waals surface area contributed by atoms with Gasteiger partial charge in [0.1, 0.15) is 12.0 Å². The Hall–Kier alpha value is -2.34. The lowest BCUT2D eigenvalue weighted by molar-refractivity contribution is -0.137. The number of fused-ring (bicyclic) bond motifs is 1. The number of nitrogens with zero attached hydrogens (tertiary/aromatic N) is 1. The number of carboxylic acid groups (broad SMARTS) is 1. The number of aldehydes is 1. The summed E-state index contributed by atoms with van der Waals surface area (Å²) in [4.78, 5) is 27.7. The quantitative estimate of drug-likeness (QED) is 0.539. The Morgan fingerprint density at radius 3 is 2.57 bits per heavy atom. The summed E-state index contributed by atoms with van der Waals surface area (Å²) in [6, 6.07) is 6.78. The number of aromatic amines is 1. The van der Waals surface area contributed by atoms with Crippen LogP contribution in [0.4, 0.5) is 0 Å². The van der Waals surface area contributed by atoms with Crippen molar-refractivity contribution in [3.05, 3.63) is 30.0 Å². The van der Waals surface area contributed by atoms with Crippen LogP contribution in [0.2, 0.25) is 0 Å². The number of aromatic nitrogens is 1. The van der Waals surface area contributed by atoms with Gasteiger partial charge >= 0.3 is 5.97 Å². The molecule has 1 heterocycles. The number of ether oxygens (including phenoxy) is 1. The lowest BCUT2D eigenvalue weighted by Crippen LogP contribution is -2.38. The first-order chi connectivity index (χ1) is 13.3. The Balaban J connectivity index is 2.13. The molecule has 0 saturated carbocycles. The molecule has 2 rings (SSSR count). The zero-order valence-electron chi connectivity index (χ0n) is 17.3. The normalized spacial score (nSPS) is 12.8. The number of carbonyl (C=O) groups is 2. The van der Waals surface area contributed by atoms with Crippen molar-refractivity contribution in [1.82, 2.24) is 9.88 Å². The van der Waals surface area contributed by atoms with Gasteiger partial charge in [0.25, 0.3) is 0 Å². The highest BCUT2D eigenvalue weighted by atomic mass is 16.5. The molecular formula is C22H32N2O4. The van der Waals surface area contributed by atoms with Crippen LogP contribution in [0.15, 0.2) is 24.4 Å². The maximum absolute atomic E-state index is 11.2. The van der Waals surface area contributed by atoms with Crippen LogP contribution in [0.5, 0.6) is 5.75 Å². The second kappa shape index (κ2) is 10.3. The Bertz CT molecular complexity index is 774. The number of hydrogen-bond acceptors (Lipinski definition) is 4. The molecule has 0 saturated heterocycles. The maximum Gasteiger partial charge on any atom is 0.303 e. The van der Waals surface area contributed by atoms with Gasteiger partial charge in [-0.2, -0.15) is 0 Å².